The van der Waals surface area contributed by atoms with Gasteiger partial charge in [-0.2, -0.15) is 0 Å². The Balaban J connectivity index is 1.44. The van der Waals surface area contributed by atoms with Crippen LogP contribution in [0.2, 0.25) is 5.02 Å². The maximum Gasteiger partial charge on any atom is 0.238 e. The van der Waals surface area contributed by atoms with Crippen LogP contribution in [-0.2, 0) is 24.2 Å². The van der Waals surface area contributed by atoms with E-state index in [0.29, 0.717) is 11.6 Å². The highest BCUT2D eigenvalue weighted by atomic mass is 35.5. The summed E-state index contributed by atoms with van der Waals surface area (Å²) in [7, 11) is 0. The van der Waals surface area contributed by atoms with Crippen LogP contribution in [0.3, 0.4) is 0 Å². The molecule has 1 aromatic carbocycles. The number of rotatable bonds is 5. The first-order chi connectivity index (χ1) is 10.2. The fourth-order valence-corrected chi connectivity index (χ4v) is 3.87. The molecular weight excluding hydrogens is 304 g/mol. The molecule has 0 saturated carbocycles. The Bertz CT molecular complexity index is 615. The van der Waals surface area contributed by atoms with Gasteiger partial charge < -0.3 is 10.6 Å². The zero-order valence-corrected chi connectivity index (χ0v) is 13.2. The van der Waals surface area contributed by atoms with Crippen LogP contribution in [0, 0.1) is 0 Å². The van der Waals surface area contributed by atoms with Crippen LogP contribution >= 0.6 is 22.9 Å². The molecule has 0 fully saturated rings. The predicted octanol–water partition coefficient (Wildman–Crippen LogP) is 3.62. The van der Waals surface area contributed by atoms with Crippen LogP contribution < -0.4 is 10.6 Å². The molecule has 3 rings (SSSR count). The van der Waals surface area contributed by atoms with Gasteiger partial charge in [0.05, 0.1) is 6.54 Å². The number of aryl methyl sites for hydroxylation is 2. The number of thiophene rings is 1. The molecule has 1 aliphatic rings. The van der Waals surface area contributed by atoms with E-state index >= 15 is 0 Å². The molecule has 2 N–H and O–H groups in total. The van der Waals surface area contributed by atoms with Gasteiger partial charge in [0.15, 0.2) is 0 Å². The molecule has 21 heavy (non-hydrogen) atoms. The first-order valence-corrected chi connectivity index (χ1v) is 8.27. The molecule has 110 valence electrons. The standard InChI is InChI=1S/C16H17ClN2OS/c17-12-4-6-13(7-5-12)19-16(20)10-18-9-14-8-11-2-1-3-15(11)21-14/h4-8,18H,1-3,9-10H2,(H,19,20). The van der Waals surface area contributed by atoms with E-state index in [2.05, 4.69) is 16.7 Å². The Kier molecular flexibility index (Phi) is 4.58. The average molecular weight is 321 g/mol. The van der Waals surface area contributed by atoms with E-state index in [4.69, 9.17) is 11.6 Å². The van der Waals surface area contributed by atoms with E-state index in [1.165, 1.54) is 34.6 Å². The summed E-state index contributed by atoms with van der Waals surface area (Å²) in [5.74, 6) is -0.0404. The van der Waals surface area contributed by atoms with E-state index in [0.717, 1.165) is 12.2 Å². The molecule has 0 atom stereocenters. The molecule has 5 heteroatoms. The second kappa shape index (κ2) is 6.60. The number of amides is 1. The van der Waals surface area contributed by atoms with Crippen molar-refractivity contribution in [3.05, 3.63) is 50.7 Å². The number of hydrogen-bond acceptors (Lipinski definition) is 3. The lowest BCUT2D eigenvalue weighted by Gasteiger charge is -2.06. The zero-order chi connectivity index (χ0) is 14.7. The van der Waals surface area contributed by atoms with Crippen LogP contribution in [0.5, 0.6) is 0 Å². The first kappa shape index (κ1) is 14.6. The lowest BCUT2D eigenvalue weighted by molar-refractivity contribution is -0.115. The number of hydrogen-bond donors (Lipinski definition) is 2. The van der Waals surface area contributed by atoms with Gasteiger partial charge in [0, 0.05) is 27.0 Å². The van der Waals surface area contributed by atoms with Crippen molar-refractivity contribution < 1.29 is 4.79 Å². The number of benzene rings is 1. The van der Waals surface area contributed by atoms with Crippen molar-refractivity contribution in [1.29, 1.82) is 0 Å². The molecule has 0 saturated heterocycles. The highest BCUT2D eigenvalue weighted by molar-refractivity contribution is 7.12. The van der Waals surface area contributed by atoms with Crippen molar-refractivity contribution >= 4 is 34.5 Å². The molecule has 0 unspecified atom stereocenters. The molecule has 0 bridgehead atoms. The summed E-state index contributed by atoms with van der Waals surface area (Å²) in [6.45, 7) is 1.07. The summed E-state index contributed by atoms with van der Waals surface area (Å²) >= 11 is 7.68. The fraction of sp³-hybridized carbons (Fsp3) is 0.312. The van der Waals surface area contributed by atoms with Gasteiger partial charge in [0.25, 0.3) is 0 Å². The first-order valence-electron chi connectivity index (χ1n) is 7.07. The minimum Gasteiger partial charge on any atom is -0.325 e. The number of anilines is 1. The molecule has 3 nitrogen and oxygen atoms in total. The van der Waals surface area contributed by atoms with Crippen molar-refractivity contribution in [2.24, 2.45) is 0 Å². The summed E-state index contributed by atoms with van der Waals surface area (Å²) in [6.07, 6.45) is 3.72. The molecule has 2 aromatic rings. The number of carbonyl (C=O) groups excluding carboxylic acids is 1. The van der Waals surface area contributed by atoms with Gasteiger partial charge in [0.1, 0.15) is 0 Å². The van der Waals surface area contributed by atoms with E-state index in [1.54, 1.807) is 24.3 Å². The van der Waals surface area contributed by atoms with Crippen LogP contribution in [-0.4, -0.2) is 12.5 Å². The third kappa shape index (κ3) is 3.84. The molecule has 1 aliphatic carbocycles. The number of nitrogens with one attached hydrogen (secondary N) is 2. The fourth-order valence-electron chi connectivity index (χ4n) is 2.52. The van der Waals surface area contributed by atoms with Crippen LogP contribution in [0.1, 0.15) is 21.7 Å². The Morgan fingerprint density at radius 3 is 2.81 bits per heavy atom. The van der Waals surface area contributed by atoms with Crippen molar-refractivity contribution in [2.45, 2.75) is 25.8 Å². The highest BCUT2D eigenvalue weighted by Gasteiger charge is 2.14. The van der Waals surface area contributed by atoms with Gasteiger partial charge in [-0.15, -0.1) is 11.3 Å². The van der Waals surface area contributed by atoms with Crippen LogP contribution in [0.4, 0.5) is 5.69 Å². The molecule has 0 radical (unpaired) electrons. The Morgan fingerprint density at radius 1 is 1.24 bits per heavy atom. The molecule has 1 aromatic heterocycles. The Labute approximate surface area is 133 Å². The van der Waals surface area contributed by atoms with Crippen molar-refractivity contribution in [3.8, 4) is 0 Å². The summed E-state index contributed by atoms with van der Waals surface area (Å²) in [5.41, 5.74) is 2.27. The molecule has 1 amide bonds. The zero-order valence-electron chi connectivity index (χ0n) is 11.6. The largest absolute Gasteiger partial charge is 0.325 e. The van der Waals surface area contributed by atoms with Gasteiger partial charge >= 0.3 is 0 Å². The smallest absolute Gasteiger partial charge is 0.238 e. The van der Waals surface area contributed by atoms with Crippen LogP contribution in [0.25, 0.3) is 0 Å². The molecule has 1 heterocycles. The third-order valence-electron chi connectivity index (χ3n) is 3.51. The highest BCUT2D eigenvalue weighted by Crippen LogP contribution is 2.30. The van der Waals surface area contributed by atoms with Gasteiger partial charge in [-0.3, -0.25) is 4.79 Å². The number of halogens is 1. The lowest BCUT2D eigenvalue weighted by Crippen LogP contribution is -2.27. The van der Waals surface area contributed by atoms with Crippen LogP contribution in [0.15, 0.2) is 30.3 Å². The van der Waals surface area contributed by atoms with Crippen molar-refractivity contribution in [3.63, 3.8) is 0 Å². The van der Waals surface area contributed by atoms with Crippen molar-refractivity contribution in [2.75, 3.05) is 11.9 Å². The summed E-state index contributed by atoms with van der Waals surface area (Å²) < 4.78 is 0. The minimum absolute atomic E-state index is 0.0404. The SMILES string of the molecule is O=C(CNCc1cc2c(s1)CCC2)Nc1ccc(Cl)cc1. The summed E-state index contributed by atoms with van der Waals surface area (Å²) in [5, 5.41) is 6.70. The number of fused-ring (bicyclic) bond motifs is 1. The van der Waals surface area contributed by atoms with Crippen molar-refractivity contribution in [1.82, 2.24) is 5.32 Å². The lowest BCUT2D eigenvalue weighted by atomic mass is 10.2. The maximum absolute atomic E-state index is 11.8. The van der Waals surface area contributed by atoms with E-state index in [1.807, 2.05) is 11.3 Å². The topological polar surface area (TPSA) is 41.1 Å². The summed E-state index contributed by atoms with van der Waals surface area (Å²) in [4.78, 5) is 14.7. The second-order valence-corrected chi connectivity index (χ2v) is 6.83. The Hall–Kier alpha value is -1.36. The summed E-state index contributed by atoms with van der Waals surface area (Å²) in [6, 6.07) is 9.39. The average Bonchev–Trinajstić information content (AvgIpc) is 3.02. The molecule has 0 spiro atoms. The van der Waals surface area contributed by atoms with Gasteiger partial charge in [-0.1, -0.05) is 11.6 Å². The normalized spacial score (nSPS) is 13.2. The van der Waals surface area contributed by atoms with Gasteiger partial charge in [-0.25, -0.2) is 0 Å². The quantitative estimate of drug-likeness (QED) is 0.883. The van der Waals surface area contributed by atoms with E-state index < -0.39 is 0 Å². The molecule has 0 aliphatic heterocycles. The maximum atomic E-state index is 11.8. The van der Waals surface area contributed by atoms with Gasteiger partial charge in [0.2, 0.25) is 5.91 Å². The van der Waals surface area contributed by atoms with E-state index in [9.17, 15) is 4.79 Å². The minimum atomic E-state index is -0.0404. The predicted molar refractivity (Wildman–Crippen MR) is 88.1 cm³/mol. The Morgan fingerprint density at radius 2 is 2.05 bits per heavy atom. The second-order valence-electron chi connectivity index (χ2n) is 5.17. The van der Waals surface area contributed by atoms with Gasteiger partial charge in [-0.05, 0) is 55.2 Å². The number of carbonyl (C=O) groups is 1. The third-order valence-corrected chi connectivity index (χ3v) is 5.00. The molecular formula is C16H17ClN2OS. The van der Waals surface area contributed by atoms with E-state index in [-0.39, 0.29) is 5.91 Å². The monoisotopic (exact) mass is 320 g/mol.